The fourth-order valence-electron chi connectivity index (χ4n) is 7.72. The lowest BCUT2D eigenvalue weighted by Gasteiger charge is -2.42. The molecule has 2 aromatic carbocycles. The van der Waals surface area contributed by atoms with Crippen LogP contribution in [0.25, 0.3) is 0 Å². The predicted octanol–water partition coefficient (Wildman–Crippen LogP) is 5.60. The number of aliphatic imine (C=N–C) groups is 1. The Labute approximate surface area is 318 Å². The number of carbonyl (C=O) groups is 2. The summed E-state index contributed by atoms with van der Waals surface area (Å²) in [6.07, 6.45) is 4.21. The number of hydrogen-bond acceptors (Lipinski definition) is 7. The van der Waals surface area contributed by atoms with Crippen molar-refractivity contribution in [3.05, 3.63) is 90.9 Å². The van der Waals surface area contributed by atoms with E-state index in [0.29, 0.717) is 29.7 Å². The predicted molar refractivity (Wildman–Crippen MR) is 210 cm³/mol. The second kappa shape index (κ2) is 14.9. The Morgan fingerprint density at radius 2 is 1.63 bits per heavy atom. The highest BCUT2D eigenvalue weighted by atomic mass is 32.2. The second-order valence-corrected chi connectivity index (χ2v) is 18.4. The lowest BCUT2D eigenvalue weighted by atomic mass is 9.63. The second-order valence-electron chi connectivity index (χ2n) is 16.8. The summed E-state index contributed by atoms with van der Waals surface area (Å²) in [7, 11) is -4.10. The Morgan fingerprint density at radius 1 is 0.963 bits per heavy atom. The van der Waals surface area contributed by atoms with Crippen molar-refractivity contribution in [3.8, 4) is 5.75 Å². The number of aromatic nitrogens is 1. The van der Waals surface area contributed by atoms with Gasteiger partial charge in [0.25, 0.3) is 21.5 Å². The van der Waals surface area contributed by atoms with Gasteiger partial charge in [0.15, 0.2) is 0 Å². The minimum absolute atomic E-state index is 0.00917. The number of benzene rings is 2. The summed E-state index contributed by atoms with van der Waals surface area (Å²) in [6, 6.07) is 8.25. The molecule has 292 valence electrons. The number of fused-ring (bicyclic) bond motifs is 2. The van der Waals surface area contributed by atoms with E-state index in [1.807, 2.05) is 20.8 Å². The number of H-pyrrole nitrogens is 1. The molecule has 0 bridgehead atoms. The van der Waals surface area contributed by atoms with Gasteiger partial charge < -0.3 is 25.9 Å². The van der Waals surface area contributed by atoms with E-state index in [1.54, 1.807) is 19.9 Å². The highest BCUT2D eigenvalue weighted by Gasteiger charge is 2.37. The van der Waals surface area contributed by atoms with Crippen molar-refractivity contribution in [3.63, 3.8) is 0 Å². The number of amides is 1. The standard InChI is InChI=1S/C41H55N5O7S/c1-23-24(2)34(25(3)28-16-17-41(8,9)53-33(23)28)54(51,52)46-38(42)43-20-10-11-32(37(49)50)45-36(48)29-14-13-27(44-35(29)47)21-26-12-15-30-31(22-26)40(6,7)19-18-39(30,4)5/h12-15,22,32H,10-11,16-21H2,1-9H3,(H,44,47)(H,45,48)(H,49,50)(H3,42,43,46)/t32-/m0/s1. The number of carboxylic acid groups (broad SMARTS) is 1. The third kappa shape index (κ3) is 8.51. The van der Waals surface area contributed by atoms with E-state index in [2.05, 4.69) is 65.9 Å². The van der Waals surface area contributed by atoms with Gasteiger partial charge in [-0.1, -0.05) is 45.9 Å². The number of guanidine groups is 1. The van der Waals surface area contributed by atoms with Crippen molar-refractivity contribution in [1.29, 1.82) is 0 Å². The van der Waals surface area contributed by atoms with Crippen molar-refractivity contribution < 1.29 is 27.9 Å². The summed E-state index contributed by atoms with van der Waals surface area (Å²) >= 11 is 0. The monoisotopic (exact) mass is 761 g/mol. The lowest BCUT2D eigenvalue weighted by molar-refractivity contribution is -0.139. The average Bonchev–Trinajstić information content (AvgIpc) is 3.06. The summed E-state index contributed by atoms with van der Waals surface area (Å²) in [5.74, 6) is -1.72. The van der Waals surface area contributed by atoms with Crippen LogP contribution in [0.1, 0.15) is 129 Å². The van der Waals surface area contributed by atoms with E-state index in [4.69, 9.17) is 10.5 Å². The molecular formula is C41H55N5O7S. The van der Waals surface area contributed by atoms with E-state index in [1.165, 1.54) is 17.2 Å². The zero-order chi connectivity index (χ0) is 40.0. The zero-order valence-electron chi connectivity index (χ0n) is 33.0. The molecule has 0 radical (unpaired) electrons. The van der Waals surface area contributed by atoms with Crippen LogP contribution in [-0.2, 0) is 38.5 Å². The molecule has 0 saturated carbocycles. The quantitative estimate of drug-likeness (QED) is 0.0947. The molecule has 1 aliphatic carbocycles. The highest BCUT2D eigenvalue weighted by molar-refractivity contribution is 7.90. The van der Waals surface area contributed by atoms with Crippen molar-refractivity contribution >= 4 is 27.9 Å². The summed E-state index contributed by atoms with van der Waals surface area (Å²) in [5, 5.41) is 12.2. The van der Waals surface area contributed by atoms with E-state index < -0.39 is 33.5 Å². The number of nitrogens with two attached hydrogens (primary N) is 1. The normalized spacial score (nSPS) is 17.8. The summed E-state index contributed by atoms with van der Waals surface area (Å²) in [4.78, 5) is 45.1. The van der Waals surface area contributed by atoms with Crippen molar-refractivity contribution in [2.24, 2.45) is 10.7 Å². The van der Waals surface area contributed by atoms with Crippen LogP contribution in [-0.4, -0.2) is 54.5 Å². The SMILES string of the molecule is Cc1c(C)c(S(=O)(=O)NC(N)=NCCC[C@H](NC(=O)c2ccc(Cc3ccc4c(c3)C(C)(C)CCC4(C)C)[nH]c2=O)C(=O)O)c(C)c2c1OC(C)(C)CC2. The number of hydrogen-bond donors (Lipinski definition) is 5. The molecule has 0 spiro atoms. The molecule has 0 saturated heterocycles. The van der Waals surface area contributed by atoms with Gasteiger partial charge >= 0.3 is 5.97 Å². The largest absolute Gasteiger partial charge is 0.487 e. The van der Waals surface area contributed by atoms with Crippen LogP contribution in [0.4, 0.5) is 0 Å². The summed E-state index contributed by atoms with van der Waals surface area (Å²) in [6.45, 7) is 18.4. The van der Waals surface area contributed by atoms with Crippen LogP contribution in [0.5, 0.6) is 5.75 Å². The topological polar surface area (TPSA) is 193 Å². The smallest absolute Gasteiger partial charge is 0.326 e. The van der Waals surface area contributed by atoms with Crippen molar-refractivity contribution in [2.45, 2.75) is 135 Å². The molecule has 1 aliphatic heterocycles. The highest BCUT2D eigenvalue weighted by Crippen LogP contribution is 2.46. The van der Waals surface area contributed by atoms with Gasteiger partial charge in [0.2, 0.25) is 5.96 Å². The molecule has 2 aliphatic rings. The van der Waals surface area contributed by atoms with Gasteiger partial charge in [-0.3, -0.25) is 14.6 Å². The van der Waals surface area contributed by atoms with Crippen LogP contribution in [0, 0.1) is 20.8 Å². The third-order valence-electron chi connectivity index (χ3n) is 11.2. The van der Waals surface area contributed by atoms with Gasteiger partial charge in [0.1, 0.15) is 23.0 Å². The van der Waals surface area contributed by atoms with Gasteiger partial charge in [0.05, 0.1) is 4.90 Å². The number of carboxylic acids is 1. The Morgan fingerprint density at radius 3 is 2.28 bits per heavy atom. The molecular weight excluding hydrogens is 707 g/mol. The molecule has 0 unspecified atom stereocenters. The number of nitrogens with one attached hydrogen (secondary N) is 3. The number of carbonyl (C=O) groups excluding carboxylic acids is 1. The number of aliphatic carboxylic acids is 1. The van der Waals surface area contributed by atoms with Crippen LogP contribution in [0.15, 0.2) is 45.0 Å². The molecule has 5 rings (SSSR count). The van der Waals surface area contributed by atoms with Crippen LogP contribution >= 0.6 is 0 Å². The first-order valence-electron chi connectivity index (χ1n) is 18.6. The Kier molecular flexibility index (Phi) is 11.2. The fraction of sp³-hybridized carbons (Fsp3) is 0.512. The molecule has 3 aromatic rings. The maximum atomic E-state index is 13.5. The first kappa shape index (κ1) is 40.5. The minimum atomic E-state index is -4.10. The molecule has 54 heavy (non-hydrogen) atoms. The van der Waals surface area contributed by atoms with Gasteiger partial charge in [-0.2, -0.15) is 0 Å². The van der Waals surface area contributed by atoms with Gasteiger partial charge in [-0.25, -0.2) is 17.9 Å². The molecule has 2 heterocycles. The maximum absolute atomic E-state index is 13.5. The van der Waals surface area contributed by atoms with Crippen molar-refractivity contribution in [1.82, 2.24) is 15.0 Å². The summed E-state index contributed by atoms with van der Waals surface area (Å²) < 4.78 is 35.6. The molecule has 12 nitrogen and oxygen atoms in total. The average molecular weight is 762 g/mol. The third-order valence-corrected chi connectivity index (χ3v) is 12.9. The molecule has 1 aromatic heterocycles. The number of nitrogens with zero attached hydrogens (tertiary/aromatic N) is 1. The first-order valence-corrected chi connectivity index (χ1v) is 20.1. The van der Waals surface area contributed by atoms with E-state index in [0.717, 1.165) is 41.7 Å². The number of sulfonamides is 1. The van der Waals surface area contributed by atoms with E-state index in [9.17, 15) is 27.9 Å². The van der Waals surface area contributed by atoms with Crippen LogP contribution in [0.2, 0.25) is 0 Å². The maximum Gasteiger partial charge on any atom is 0.326 e. The molecule has 0 fully saturated rings. The molecule has 6 N–H and O–H groups in total. The van der Waals surface area contributed by atoms with Crippen LogP contribution < -0.4 is 26.1 Å². The number of rotatable bonds is 11. The lowest BCUT2D eigenvalue weighted by Crippen LogP contribution is -2.42. The number of ether oxygens (including phenoxy) is 1. The van der Waals surface area contributed by atoms with Gasteiger partial charge in [-0.05, 0) is 135 Å². The first-order chi connectivity index (χ1) is 25.0. The Bertz CT molecular complexity index is 2180. The van der Waals surface area contributed by atoms with Crippen molar-refractivity contribution in [2.75, 3.05) is 6.54 Å². The van der Waals surface area contributed by atoms with Crippen LogP contribution in [0.3, 0.4) is 0 Å². The Hall–Kier alpha value is -4.65. The van der Waals surface area contributed by atoms with E-state index in [-0.39, 0.29) is 52.2 Å². The molecule has 1 amide bonds. The summed E-state index contributed by atoms with van der Waals surface area (Å²) in [5.41, 5.74) is 12.0. The molecule has 1 atom stereocenters. The molecule has 13 heteroatoms. The Balaban J connectivity index is 1.19. The minimum Gasteiger partial charge on any atom is -0.487 e. The fourth-order valence-corrected chi connectivity index (χ4v) is 9.25. The van der Waals surface area contributed by atoms with Gasteiger partial charge in [-0.15, -0.1) is 0 Å². The van der Waals surface area contributed by atoms with Gasteiger partial charge in [0, 0.05) is 18.7 Å². The zero-order valence-corrected chi connectivity index (χ0v) is 33.8. The van der Waals surface area contributed by atoms with E-state index >= 15 is 0 Å². The number of pyridine rings is 1. The number of aromatic amines is 1.